The lowest BCUT2D eigenvalue weighted by Crippen LogP contribution is -2.51. The summed E-state index contributed by atoms with van der Waals surface area (Å²) in [5, 5.41) is 5.87. The monoisotopic (exact) mass is 502 g/mol. The first-order valence-corrected chi connectivity index (χ1v) is 12.8. The largest absolute Gasteiger partial charge is 0.346 e. The van der Waals surface area contributed by atoms with E-state index < -0.39 is 21.8 Å². The number of hydrogen-bond acceptors (Lipinski definition) is 5. The van der Waals surface area contributed by atoms with E-state index in [2.05, 4.69) is 21.5 Å². The molecule has 0 spiro atoms. The molecule has 0 aromatic heterocycles. The van der Waals surface area contributed by atoms with Crippen molar-refractivity contribution in [1.82, 2.24) is 19.8 Å². The van der Waals surface area contributed by atoms with E-state index in [0.717, 1.165) is 11.8 Å². The zero-order valence-corrected chi connectivity index (χ0v) is 20.4. The summed E-state index contributed by atoms with van der Waals surface area (Å²) < 4.78 is 25.9. The van der Waals surface area contributed by atoms with Gasteiger partial charge in [0.15, 0.2) is 0 Å². The number of nitrogens with zero attached hydrogens (tertiary/aromatic N) is 2. The van der Waals surface area contributed by atoms with Crippen molar-refractivity contribution in [2.24, 2.45) is 0 Å². The number of amides is 2. The molecule has 0 saturated carbocycles. The van der Waals surface area contributed by atoms with Crippen molar-refractivity contribution in [3.05, 3.63) is 33.8 Å². The molecule has 2 N–H and O–H groups in total. The molecule has 1 aliphatic heterocycles. The fourth-order valence-electron chi connectivity index (χ4n) is 3.71. The smallest absolute Gasteiger partial charge is 0.240 e. The predicted molar refractivity (Wildman–Crippen MR) is 126 cm³/mol. The Labute approximate surface area is 199 Å². The molecule has 1 aromatic rings. The minimum atomic E-state index is -3.63. The highest BCUT2D eigenvalue weighted by Gasteiger charge is 2.33. The van der Waals surface area contributed by atoms with Gasteiger partial charge in [-0.25, -0.2) is 8.42 Å². The molecule has 0 bridgehead atoms. The summed E-state index contributed by atoms with van der Waals surface area (Å²) in [4.78, 5) is 26.1. The minimum Gasteiger partial charge on any atom is -0.346 e. The highest BCUT2D eigenvalue weighted by Crippen LogP contribution is 2.34. The lowest BCUT2D eigenvalue weighted by Gasteiger charge is -2.39. The van der Waals surface area contributed by atoms with Crippen LogP contribution in [0.5, 0.6) is 0 Å². The number of halogens is 2. The van der Waals surface area contributed by atoms with Crippen LogP contribution in [-0.2, 0) is 19.6 Å². The molecule has 0 aliphatic carbocycles. The van der Waals surface area contributed by atoms with Crippen LogP contribution in [0, 0.1) is 12.3 Å². The van der Waals surface area contributed by atoms with Gasteiger partial charge in [-0.3, -0.25) is 14.5 Å². The number of rotatable bonds is 9. The molecule has 1 aromatic carbocycles. The zero-order valence-electron chi connectivity index (χ0n) is 18.1. The second-order valence-electron chi connectivity index (χ2n) is 7.65. The van der Waals surface area contributed by atoms with Gasteiger partial charge in [-0.15, -0.1) is 6.42 Å². The number of carbonyl (C=O) groups excluding carboxylic acids is 2. The molecule has 2 amide bonds. The molecule has 1 unspecified atom stereocenters. The van der Waals surface area contributed by atoms with Gasteiger partial charge in [0.05, 0.1) is 35.9 Å². The molecular formula is C21H28Cl2N4O4S. The van der Waals surface area contributed by atoms with Crippen LogP contribution < -0.4 is 10.6 Å². The lowest BCUT2D eigenvalue weighted by atomic mass is 10.00. The topological polar surface area (TPSA) is 98.8 Å². The molecule has 176 valence electrons. The van der Waals surface area contributed by atoms with Gasteiger partial charge in [0.1, 0.15) is 0 Å². The number of nitrogens with one attached hydrogen (secondary N) is 2. The molecule has 1 saturated heterocycles. The Balaban J connectivity index is 1.97. The van der Waals surface area contributed by atoms with Crippen LogP contribution in [0.3, 0.4) is 0 Å². The maximum atomic E-state index is 12.4. The Hall–Kier alpha value is -1.83. The van der Waals surface area contributed by atoms with Crippen molar-refractivity contribution in [3.63, 3.8) is 0 Å². The number of terminal acetylenes is 1. The van der Waals surface area contributed by atoms with Crippen molar-refractivity contribution in [2.45, 2.75) is 31.8 Å². The highest BCUT2D eigenvalue weighted by atomic mass is 35.5. The van der Waals surface area contributed by atoms with E-state index in [-0.39, 0.29) is 31.7 Å². The molecule has 8 nitrogen and oxygen atoms in total. The lowest BCUT2D eigenvalue weighted by molar-refractivity contribution is -0.126. The van der Waals surface area contributed by atoms with Crippen molar-refractivity contribution in [2.75, 3.05) is 39.0 Å². The second-order valence-corrected chi connectivity index (χ2v) is 10.4. The summed E-state index contributed by atoms with van der Waals surface area (Å²) in [6.45, 7) is 2.75. The Morgan fingerprint density at radius 1 is 1.25 bits per heavy atom. The number of hydrogen-bond donors (Lipinski definition) is 2. The van der Waals surface area contributed by atoms with E-state index in [0.29, 0.717) is 36.0 Å². The Kier molecular flexibility index (Phi) is 9.80. The van der Waals surface area contributed by atoms with Crippen LogP contribution in [0.15, 0.2) is 18.2 Å². The van der Waals surface area contributed by atoms with Crippen LogP contribution in [0.1, 0.15) is 31.4 Å². The van der Waals surface area contributed by atoms with Gasteiger partial charge in [-0.05, 0) is 31.4 Å². The first kappa shape index (κ1) is 26.4. The van der Waals surface area contributed by atoms with Crippen molar-refractivity contribution in [3.8, 4) is 12.3 Å². The predicted octanol–water partition coefficient (Wildman–Crippen LogP) is 1.65. The Morgan fingerprint density at radius 3 is 2.50 bits per heavy atom. The van der Waals surface area contributed by atoms with Gasteiger partial charge in [0.25, 0.3) is 0 Å². The molecule has 32 heavy (non-hydrogen) atoms. The van der Waals surface area contributed by atoms with Crippen LogP contribution >= 0.6 is 23.2 Å². The third-order valence-corrected chi connectivity index (χ3v) is 7.56. The van der Waals surface area contributed by atoms with Crippen LogP contribution in [-0.4, -0.2) is 74.5 Å². The number of sulfonamides is 1. The average Bonchev–Trinajstić information content (AvgIpc) is 2.75. The molecular weight excluding hydrogens is 475 g/mol. The third-order valence-electron chi connectivity index (χ3n) is 5.44. The fraction of sp³-hybridized carbons (Fsp3) is 0.524. The van der Waals surface area contributed by atoms with E-state index in [1.54, 1.807) is 6.07 Å². The summed E-state index contributed by atoms with van der Waals surface area (Å²) in [5.41, 5.74) is 0.917. The minimum absolute atomic E-state index is 0.0126. The van der Waals surface area contributed by atoms with Crippen molar-refractivity contribution < 1.29 is 18.0 Å². The third kappa shape index (κ3) is 7.36. The first-order chi connectivity index (χ1) is 15.0. The Morgan fingerprint density at radius 2 is 1.91 bits per heavy atom. The molecule has 1 heterocycles. The van der Waals surface area contributed by atoms with E-state index in [4.69, 9.17) is 29.6 Å². The summed E-state index contributed by atoms with van der Waals surface area (Å²) in [7, 11) is -3.63. The number of carbonyl (C=O) groups is 2. The maximum Gasteiger partial charge on any atom is 0.240 e. The normalized spacial score (nSPS) is 16.4. The van der Waals surface area contributed by atoms with Gasteiger partial charge in [0, 0.05) is 25.2 Å². The van der Waals surface area contributed by atoms with E-state index >= 15 is 0 Å². The van der Waals surface area contributed by atoms with Gasteiger partial charge in [-0.2, -0.15) is 4.31 Å². The summed E-state index contributed by atoms with van der Waals surface area (Å²) >= 11 is 12.5. The van der Waals surface area contributed by atoms with Gasteiger partial charge < -0.3 is 10.6 Å². The van der Waals surface area contributed by atoms with Gasteiger partial charge >= 0.3 is 0 Å². The average molecular weight is 503 g/mol. The standard InChI is InChI=1S/C21H28Cl2N4O4S/c1-4-10-24-19(28)13-25-20(29)14-27(32(3,30)31)16-8-11-26(12-9-16)15(2)17-6-5-7-18(22)21(17)23/h1,5-7,15-16H,8-14H2,2-3H3,(H,24,28)(H,25,29). The quantitative estimate of drug-likeness (QED) is 0.500. The van der Waals surface area contributed by atoms with E-state index in [1.807, 2.05) is 19.1 Å². The summed E-state index contributed by atoms with van der Waals surface area (Å²) in [6.07, 6.45) is 7.27. The van der Waals surface area contributed by atoms with Gasteiger partial charge in [-0.1, -0.05) is 41.3 Å². The second kappa shape index (κ2) is 11.9. The van der Waals surface area contributed by atoms with E-state index in [1.165, 1.54) is 4.31 Å². The molecule has 1 aliphatic rings. The van der Waals surface area contributed by atoms with Gasteiger partial charge in [0.2, 0.25) is 21.8 Å². The number of benzene rings is 1. The number of piperidine rings is 1. The van der Waals surface area contributed by atoms with Crippen molar-refractivity contribution >= 4 is 45.0 Å². The van der Waals surface area contributed by atoms with Crippen molar-refractivity contribution in [1.29, 1.82) is 0 Å². The van der Waals surface area contributed by atoms with Crippen LogP contribution in [0.25, 0.3) is 0 Å². The van der Waals surface area contributed by atoms with E-state index in [9.17, 15) is 18.0 Å². The summed E-state index contributed by atoms with van der Waals surface area (Å²) in [5.74, 6) is 1.27. The first-order valence-electron chi connectivity index (χ1n) is 10.2. The molecule has 2 rings (SSSR count). The SMILES string of the molecule is C#CCNC(=O)CNC(=O)CN(C1CCN(C(C)c2cccc(Cl)c2Cl)CC1)S(C)(=O)=O. The molecule has 11 heteroatoms. The zero-order chi connectivity index (χ0) is 23.9. The number of likely N-dealkylation sites (tertiary alicyclic amines) is 1. The Bertz CT molecular complexity index is 973. The van der Waals surface area contributed by atoms with Crippen LogP contribution in [0.2, 0.25) is 10.0 Å². The van der Waals surface area contributed by atoms with Crippen LogP contribution in [0.4, 0.5) is 0 Å². The molecule has 1 atom stereocenters. The molecule has 1 fully saturated rings. The maximum absolute atomic E-state index is 12.4. The summed E-state index contributed by atoms with van der Waals surface area (Å²) in [6, 6.07) is 5.21. The fourth-order valence-corrected chi connectivity index (χ4v) is 5.28. The highest BCUT2D eigenvalue weighted by molar-refractivity contribution is 7.88. The molecule has 0 radical (unpaired) electrons.